The van der Waals surface area contributed by atoms with Gasteiger partial charge in [-0.2, -0.15) is 14.6 Å². The molecule has 2 rings (SSSR count). The first-order valence-corrected chi connectivity index (χ1v) is 7.61. The van der Waals surface area contributed by atoms with Crippen LogP contribution >= 0.6 is 11.3 Å². The summed E-state index contributed by atoms with van der Waals surface area (Å²) in [6, 6.07) is 1.08. The third kappa shape index (κ3) is 3.76. The highest BCUT2D eigenvalue weighted by molar-refractivity contribution is 7.16. The molecule has 0 unspecified atom stereocenters. The zero-order valence-corrected chi connectivity index (χ0v) is 11.9. The van der Waals surface area contributed by atoms with Gasteiger partial charge in [0.05, 0.1) is 6.07 Å². The van der Waals surface area contributed by atoms with Crippen molar-refractivity contribution in [3.63, 3.8) is 0 Å². The predicted molar refractivity (Wildman–Crippen MR) is 75.9 cm³/mol. The van der Waals surface area contributed by atoms with E-state index in [4.69, 9.17) is 0 Å². The lowest BCUT2D eigenvalue weighted by atomic mass is 10.1. The van der Waals surface area contributed by atoms with Gasteiger partial charge >= 0.3 is 0 Å². The molecule has 2 aromatic heterocycles. The molecule has 19 heavy (non-hydrogen) atoms. The SMILES string of the molecule is CCCCCCCCc1nn2c(=O)cc(O)nc2s1. The van der Waals surface area contributed by atoms with E-state index in [9.17, 15) is 9.90 Å². The van der Waals surface area contributed by atoms with Crippen LogP contribution in [0.25, 0.3) is 4.96 Å². The Morgan fingerprint density at radius 3 is 2.79 bits per heavy atom. The molecule has 0 atom stereocenters. The molecule has 0 saturated heterocycles. The lowest BCUT2D eigenvalue weighted by Crippen LogP contribution is -2.13. The number of rotatable bonds is 7. The first-order chi connectivity index (χ1) is 9.20. The molecule has 0 aromatic carbocycles. The van der Waals surface area contributed by atoms with Crippen LogP contribution in [0.3, 0.4) is 0 Å². The third-order valence-corrected chi connectivity index (χ3v) is 3.99. The van der Waals surface area contributed by atoms with E-state index in [1.165, 1.54) is 48.0 Å². The molecule has 0 saturated carbocycles. The average molecular weight is 281 g/mol. The Labute approximate surface area is 115 Å². The summed E-state index contributed by atoms with van der Waals surface area (Å²) in [6.07, 6.45) is 8.28. The van der Waals surface area contributed by atoms with Crippen molar-refractivity contribution in [1.29, 1.82) is 0 Å². The van der Waals surface area contributed by atoms with E-state index >= 15 is 0 Å². The number of unbranched alkanes of at least 4 members (excludes halogenated alkanes) is 5. The second kappa shape index (κ2) is 6.65. The molecule has 104 valence electrons. The molecule has 2 aromatic rings. The van der Waals surface area contributed by atoms with Crippen LogP contribution in [0.4, 0.5) is 0 Å². The Kier molecular flexibility index (Phi) is 4.90. The van der Waals surface area contributed by atoms with Crippen molar-refractivity contribution in [3.05, 3.63) is 21.4 Å². The van der Waals surface area contributed by atoms with Gasteiger partial charge in [0, 0.05) is 6.42 Å². The number of aromatic nitrogens is 3. The van der Waals surface area contributed by atoms with Gasteiger partial charge in [0.2, 0.25) is 10.8 Å². The van der Waals surface area contributed by atoms with E-state index in [0.717, 1.165) is 23.9 Å². The van der Waals surface area contributed by atoms with Gasteiger partial charge < -0.3 is 5.11 Å². The highest BCUT2D eigenvalue weighted by atomic mass is 32.1. The summed E-state index contributed by atoms with van der Waals surface area (Å²) in [4.78, 5) is 15.9. The van der Waals surface area contributed by atoms with Crippen LogP contribution in [0.2, 0.25) is 0 Å². The summed E-state index contributed by atoms with van der Waals surface area (Å²) in [5.74, 6) is -0.236. The second-order valence-corrected chi connectivity index (χ2v) is 5.70. The van der Waals surface area contributed by atoms with Crippen molar-refractivity contribution in [1.82, 2.24) is 14.6 Å². The predicted octanol–water partition coefficient (Wildman–Crippen LogP) is 2.76. The number of aromatic hydroxyl groups is 1. The maximum absolute atomic E-state index is 11.6. The van der Waals surface area contributed by atoms with E-state index in [1.807, 2.05) is 0 Å². The molecule has 2 heterocycles. The van der Waals surface area contributed by atoms with E-state index in [-0.39, 0.29) is 11.4 Å². The summed E-state index contributed by atoms with van der Waals surface area (Å²) < 4.78 is 1.26. The van der Waals surface area contributed by atoms with Crippen LogP contribution in [0.5, 0.6) is 5.88 Å². The minimum absolute atomic E-state index is 0.236. The van der Waals surface area contributed by atoms with Crippen molar-refractivity contribution in [3.8, 4) is 5.88 Å². The molecule has 0 aliphatic rings. The molecule has 0 amide bonds. The Bertz CT molecular complexity index is 591. The Hall–Kier alpha value is -1.43. The second-order valence-electron chi connectivity index (χ2n) is 4.66. The van der Waals surface area contributed by atoms with Gasteiger partial charge in [0.1, 0.15) is 5.01 Å². The van der Waals surface area contributed by atoms with Crippen LogP contribution in [0.1, 0.15) is 50.5 Å². The highest BCUT2D eigenvalue weighted by Crippen LogP contribution is 2.16. The normalized spacial score (nSPS) is 11.2. The fourth-order valence-electron chi connectivity index (χ4n) is 2.00. The van der Waals surface area contributed by atoms with Gasteiger partial charge in [-0.3, -0.25) is 4.79 Å². The molecule has 0 fully saturated rings. The zero-order valence-electron chi connectivity index (χ0n) is 11.1. The topological polar surface area (TPSA) is 67.5 Å². The van der Waals surface area contributed by atoms with Crippen molar-refractivity contribution >= 4 is 16.3 Å². The zero-order chi connectivity index (χ0) is 13.7. The minimum Gasteiger partial charge on any atom is -0.493 e. The molecule has 0 aliphatic heterocycles. The first kappa shape index (κ1) is 14.0. The molecular formula is C13H19N3O2S. The van der Waals surface area contributed by atoms with Gasteiger partial charge in [-0.15, -0.1) is 0 Å². The maximum Gasteiger partial charge on any atom is 0.278 e. The first-order valence-electron chi connectivity index (χ1n) is 6.79. The number of hydrogen-bond acceptors (Lipinski definition) is 5. The fraction of sp³-hybridized carbons (Fsp3) is 0.615. The summed E-state index contributed by atoms with van der Waals surface area (Å²) >= 11 is 1.37. The average Bonchev–Trinajstić information content (AvgIpc) is 2.76. The van der Waals surface area contributed by atoms with Crippen LogP contribution in [0, 0.1) is 0 Å². The molecular weight excluding hydrogens is 262 g/mol. The van der Waals surface area contributed by atoms with Gasteiger partial charge in [0.15, 0.2) is 0 Å². The molecule has 1 N–H and O–H groups in total. The summed E-state index contributed by atoms with van der Waals surface area (Å²) in [6.45, 7) is 2.21. The van der Waals surface area contributed by atoms with E-state index in [0.29, 0.717) is 4.96 Å². The molecule has 0 radical (unpaired) electrons. The van der Waals surface area contributed by atoms with Crippen molar-refractivity contribution < 1.29 is 5.11 Å². The number of aryl methyl sites for hydroxylation is 1. The van der Waals surface area contributed by atoms with Crippen LogP contribution in [0.15, 0.2) is 10.9 Å². The summed E-state index contributed by atoms with van der Waals surface area (Å²) in [5.41, 5.74) is -0.326. The molecule has 5 nitrogen and oxygen atoms in total. The number of nitrogens with zero attached hydrogens (tertiary/aromatic N) is 3. The minimum atomic E-state index is -0.326. The Morgan fingerprint density at radius 2 is 2.00 bits per heavy atom. The lowest BCUT2D eigenvalue weighted by molar-refractivity contribution is 0.452. The van der Waals surface area contributed by atoms with Crippen molar-refractivity contribution in [2.75, 3.05) is 0 Å². The van der Waals surface area contributed by atoms with E-state index in [2.05, 4.69) is 17.0 Å². The highest BCUT2D eigenvalue weighted by Gasteiger charge is 2.08. The van der Waals surface area contributed by atoms with Crippen LogP contribution < -0.4 is 5.56 Å². The monoisotopic (exact) mass is 281 g/mol. The lowest BCUT2D eigenvalue weighted by Gasteiger charge is -1.97. The van der Waals surface area contributed by atoms with Crippen LogP contribution in [-0.4, -0.2) is 19.7 Å². The quantitative estimate of drug-likeness (QED) is 0.792. The van der Waals surface area contributed by atoms with Gasteiger partial charge in [0.25, 0.3) is 5.56 Å². The molecule has 0 spiro atoms. The van der Waals surface area contributed by atoms with Crippen molar-refractivity contribution in [2.24, 2.45) is 0 Å². The van der Waals surface area contributed by atoms with E-state index in [1.54, 1.807) is 0 Å². The standard InChI is InChI=1S/C13H19N3O2S/c1-2-3-4-5-6-7-8-11-15-16-12(18)9-10(17)14-13(16)19-11/h9,17H,2-8H2,1H3. The smallest absolute Gasteiger partial charge is 0.278 e. The molecule has 6 heteroatoms. The van der Waals surface area contributed by atoms with Gasteiger partial charge in [-0.1, -0.05) is 50.4 Å². The summed E-state index contributed by atoms with van der Waals surface area (Å²) in [7, 11) is 0. The number of fused-ring (bicyclic) bond motifs is 1. The molecule has 0 aliphatic carbocycles. The maximum atomic E-state index is 11.6. The largest absolute Gasteiger partial charge is 0.493 e. The fourth-order valence-corrected chi connectivity index (χ4v) is 2.93. The van der Waals surface area contributed by atoms with Crippen LogP contribution in [-0.2, 0) is 6.42 Å². The van der Waals surface area contributed by atoms with Gasteiger partial charge in [-0.05, 0) is 6.42 Å². The molecule has 0 bridgehead atoms. The van der Waals surface area contributed by atoms with Crippen molar-refractivity contribution in [2.45, 2.75) is 51.9 Å². The number of hydrogen-bond donors (Lipinski definition) is 1. The van der Waals surface area contributed by atoms with Gasteiger partial charge in [-0.25, -0.2) is 0 Å². The summed E-state index contributed by atoms with van der Waals surface area (Å²) in [5, 5.41) is 14.4. The Morgan fingerprint density at radius 1 is 1.26 bits per heavy atom. The Balaban J connectivity index is 1.91. The van der Waals surface area contributed by atoms with E-state index < -0.39 is 0 Å². The third-order valence-electron chi connectivity index (χ3n) is 3.02.